The molecule has 4 nitrogen and oxygen atoms in total. The summed E-state index contributed by atoms with van der Waals surface area (Å²) in [4.78, 5) is 24.3. The Labute approximate surface area is 144 Å². The first kappa shape index (κ1) is 17.1. The van der Waals surface area contributed by atoms with Gasteiger partial charge in [-0.1, -0.05) is 24.3 Å². The maximum absolute atomic E-state index is 13.6. The van der Waals surface area contributed by atoms with Crippen LogP contribution in [-0.2, 0) is 16.1 Å². The molecule has 0 saturated heterocycles. The van der Waals surface area contributed by atoms with Crippen molar-refractivity contribution in [3.05, 3.63) is 65.2 Å². The first-order valence-corrected chi connectivity index (χ1v) is 8.04. The number of anilines is 1. The second kappa shape index (κ2) is 7.01. The number of halogens is 2. The number of benzene rings is 2. The largest absolute Gasteiger partial charge is 0.352 e. The van der Waals surface area contributed by atoms with Gasteiger partial charge in [-0.25, -0.2) is 8.78 Å². The molecule has 130 valence electrons. The molecule has 0 bridgehead atoms. The standard InChI is InChI=1S/C19H18F2N2O2/c1-11-4-2-3-5-12(11)10-22-18(24)14-9-15(14)19(25)23-17-7-6-13(20)8-16(17)21/h2-8,14-15H,9-10H2,1H3,(H,22,24)(H,23,25). The summed E-state index contributed by atoms with van der Waals surface area (Å²) in [5, 5.41) is 5.23. The molecule has 6 heteroatoms. The van der Waals surface area contributed by atoms with Crippen LogP contribution in [-0.4, -0.2) is 11.8 Å². The lowest BCUT2D eigenvalue weighted by atomic mass is 10.1. The molecule has 1 saturated carbocycles. The molecule has 2 aromatic rings. The summed E-state index contributed by atoms with van der Waals surface area (Å²) in [6.07, 6.45) is 0.425. The van der Waals surface area contributed by atoms with Crippen LogP contribution in [0.15, 0.2) is 42.5 Å². The van der Waals surface area contributed by atoms with E-state index in [1.54, 1.807) is 0 Å². The van der Waals surface area contributed by atoms with E-state index in [0.29, 0.717) is 19.0 Å². The Morgan fingerprint density at radius 3 is 2.52 bits per heavy atom. The van der Waals surface area contributed by atoms with E-state index in [4.69, 9.17) is 0 Å². The monoisotopic (exact) mass is 344 g/mol. The van der Waals surface area contributed by atoms with Crippen LogP contribution in [0.3, 0.4) is 0 Å². The summed E-state index contributed by atoms with van der Waals surface area (Å²) in [5.74, 6) is -3.07. The molecule has 2 aromatic carbocycles. The van der Waals surface area contributed by atoms with Gasteiger partial charge in [0.25, 0.3) is 0 Å². The molecule has 0 spiro atoms. The van der Waals surface area contributed by atoms with Crippen LogP contribution in [0.2, 0.25) is 0 Å². The molecular weight excluding hydrogens is 326 g/mol. The fourth-order valence-corrected chi connectivity index (χ4v) is 2.71. The van der Waals surface area contributed by atoms with E-state index in [2.05, 4.69) is 10.6 Å². The molecule has 2 atom stereocenters. The van der Waals surface area contributed by atoms with Gasteiger partial charge in [-0.15, -0.1) is 0 Å². The number of hydrogen-bond acceptors (Lipinski definition) is 2. The lowest BCUT2D eigenvalue weighted by Crippen LogP contribution is -2.27. The lowest BCUT2D eigenvalue weighted by molar-refractivity contribution is -0.125. The van der Waals surface area contributed by atoms with Gasteiger partial charge in [0.1, 0.15) is 11.6 Å². The number of hydrogen-bond donors (Lipinski definition) is 2. The van der Waals surface area contributed by atoms with Crippen molar-refractivity contribution in [1.29, 1.82) is 0 Å². The zero-order valence-electron chi connectivity index (χ0n) is 13.7. The predicted molar refractivity (Wildman–Crippen MR) is 89.6 cm³/mol. The Morgan fingerprint density at radius 1 is 1.08 bits per heavy atom. The minimum atomic E-state index is -0.838. The van der Waals surface area contributed by atoms with Crippen molar-refractivity contribution in [1.82, 2.24) is 5.32 Å². The quantitative estimate of drug-likeness (QED) is 0.875. The van der Waals surface area contributed by atoms with E-state index in [0.717, 1.165) is 23.3 Å². The van der Waals surface area contributed by atoms with Crippen molar-refractivity contribution >= 4 is 17.5 Å². The first-order chi connectivity index (χ1) is 12.0. The van der Waals surface area contributed by atoms with Crippen molar-refractivity contribution in [2.45, 2.75) is 19.9 Å². The number of carbonyl (C=O) groups is 2. The average molecular weight is 344 g/mol. The molecule has 0 aromatic heterocycles. The number of amides is 2. The van der Waals surface area contributed by atoms with Crippen LogP contribution in [0.1, 0.15) is 17.5 Å². The molecule has 1 aliphatic carbocycles. The second-order valence-electron chi connectivity index (χ2n) is 6.21. The van der Waals surface area contributed by atoms with Crippen LogP contribution in [0.5, 0.6) is 0 Å². The average Bonchev–Trinajstić information content (AvgIpc) is 3.37. The van der Waals surface area contributed by atoms with Crippen molar-refractivity contribution in [2.24, 2.45) is 11.8 Å². The topological polar surface area (TPSA) is 58.2 Å². The minimum Gasteiger partial charge on any atom is -0.352 e. The van der Waals surface area contributed by atoms with Crippen LogP contribution in [0, 0.1) is 30.4 Å². The zero-order valence-corrected chi connectivity index (χ0v) is 13.7. The second-order valence-corrected chi connectivity index (χ2v) is 6.21. The number of nitrogens with one attached hydrogen (secondary N) is 2. The van der Waals surface area contributed by atoms with E-state index in [1.165, 1.54) is 0 Å². The maximum Gasteiger partial charge on any atom is 0.228 e. The van der Waals surface area contributed by atoms with Crippen molar-refractivity contribution in [3.8, 4) is 0 Å². The Balaban J connectivity index is 1.52. The predicted octanol–water partition coefficient (Wildman–Crippen LogP) is 3.16. The zero-order chi connectivity index (χ0) is 18.0. The maximum atomic E-state index is 13.6. The molecule has 2 amide bonds. The SMILES string of the molecule is Cc1ccccc1CNC(=O)C1CC1C(=O)Nc1ccc(F)cc1F. The van der Waals surface area contributed by atoms with Crippen LogP contribution >= 0.6 is 0 Å². The van der Waals surface area contributed by atoms with E-state index in [1.807, 2.05) is 31.2 Å². The molecule has 2 N–H and O–H groups in total. The van der Waals surface area contributed by atoms with Crippen molar-refractivity contribution in [2.75, 3.05) is 5.32 Å². The third-order valence-electron chi connectivity index (χ3n) is 4.37. The number of carbonyl (C=O) groups excluding carboxylic acids is 2. The highest BCUT2D eigenvalue weighted by atomic mass is 19.1. The van der Waals surface area contributed by atoms with Gasteiger partial charge in [0.05, 0.1) is 17.5 Å². The van der Waals surface area contributed by atoms with Crippen LogP contribution in [0.4, 0.5) is 14.5 Å². The fraction of sp³-hybridized carbons (Fsp3) is 0.263. The molecule has 3 rings (SSSR count). The molecular formula is C19H18F2N2O2. The molecule has 2 unspecified atom stereocenters. The van der Waals surface area contributed by atoms with Crippen LogP contribution < -0.4 is 10.6 Å². The Morgan fingerprint density at radius 2 is 1.80 bits per heavy atom. The molecule has 0 heterocycles. The molecule has 0 aliphatic heterocycles. The van der Waals surface area contributed by atoms with Gasteiger partial charge in [0.15, 0.2) is 0 Å². The van der Waals surface area contributed by atoms with Crippen molar-refractivity contribution in [3.63, 3.8) is 0 Å². The Hall–Kier alpha value is -2.76. The molecule has 1 aliphatic rings. The van der Waals surface area contributed by atoms with Gasteiger partial charge < -0.3 is 10.6 Å². The van der Waals surface area contributed by atoms with Crippen LogP contribution in [0.25, 0.3) is 0 Å². The van der Waals surface area contributed by atoms with Gasteiger partial charge >= 0.3 is 0 Å². The summed E-state index contributed by atoms with van der Waals surface area (Å²) in [6, 6.07) is 10.7. The summed E-state index contributed by atoms with van der Waals surface area (Å²) in [7, 11) is 0. The van der Waals surface area contributed by atoms with E-state index in [-0.39, 0.29) is 11.6 Å². The van der Waals surface area contributed by atoms with Gasteiger partial charge in [0.2, 0.25) is 11.8 Å². The number of aryl methyl sites for hydroxylation is 1. The Bertz CT molecular complexity index is 823. The molecule has 25 heavy (non-hydrogen) atoms. The summed E-state index contributed by atoms with van der Waals surface area (Å²) in [5.41, 5.74) is 2.02. The molecule has 1 fully saturated rings. The third-order valence-corrected chi connectivity index (χ3v) is 4.37. The highest BCUT2D eigenvalue weighted by Crippen LogP contribution is 2.39. The first-order valence-electron chi connectivity index (χ1n) is 8.04. The van der Waals surface area contributed by atoms with Gasteiger partial charge in [-0.05, 0) is 36.6 Å². The fourth-order valence-electron chi connectivity index (χ4n) is 2.71. The van der Waals surface area contributed by atoms with E-state index < -0.39 is 29.4 Å². The number of rotatable bonds is 5. The highest BCUT2D eigenvalue weighted by Gasteiger charge is 2.48. The third kappa shape index (κ3) is 4.02. The smallest absolute Gasteiger partial charge is 0.228 e. The summed E-state index contributed by atoms with van der Waals surface area (Å²) < 4.78 is 26.4. The van der Waals surface area contributed by atoms with Gasteiger partial charge in [-0.2, -0.15) is 0 Å². The Kier molecular flexibility index (Phi) is 4.79. The minimum absolute atomic E-state index is 0.0858. The van der Waals surface area contributed by atoms with E-state index >= 15 is 0 Å². The summed E-state index contributed by atoms with van der Waals surface area (Å²) in [6.45, 7) is 2.37. The lowest BCUT2D eigenvalue weighted by Gasteiger charge is -2.08. The van der Waals surface area contributed by atoms with Gasteiger partial charge in [0, 0.05) is 12.6 Å². The van der Waals surface area contributed by atoms with Gasteiger partial charge in [-0.3, -0.25) is 9.59 Å². The van der Waals surface area contributed by atoms with Crippen molar-refractivity contribution < 1.29 is 18.4 Å². The normalized spacial score (nSPS) is 18.5. The highest BCUT2D eigenvalue weighted by molar-refractivity contribution is 5.99. The summed E-state index contributed by atoms with van der Waals surface area (Å²) >= 11 is 0. The van der Waals surface area contributed by atoms with E-state index in [9.17, 15) is 18.4 Å². The molecule has 0 radical (unpaired) electrons.